The molecule has 1 atom stereocenters. The molecule has 1 aromatic heterocycles. The van der Waals surface area contributed by atoms with Gasteiger partial charge in [0, 0.05) is 25.3 Å². The molecule has 0 radical (unpaired) electrons. The van der Waals surface area contributed by atoms with Crippen LogP contribution in [0, 0.1) is 0 Å². The van der Waals surface area contributed by atoms with E-state index >= 15 is 0 Å². The first-order valence-electron chi connectivity index (χ1n) is 11.5. The van der Waals surface area contributed by atoms with Crippen LogP contribution in [0.2, 0.25) is 10.0 Å². The topological polar surface area (TPSA) is 84.8 Å². The molecule has 2 aromatic rings. The minimum absolute atomic E-state index is 0.0997. The van der Waals surface area contributed by atoms with Gasteiger partial charge >= 0.3 is 0 Å². The van der Waals surface area contributed by atoms with Gasteiger partial charge in [0.05, 0.1) is 16.2 Å². The van der Waals surface area contributed by atoms with Crippen molar-refractivity contribution in [2.24, 2.45) is 0 Å². The number of carbonyl (C=O) groups is 1. The lowest BCUT2D eigenvalue weighted by Crippen LogP contribution is -2.59. The molecule has 0 bridgehead atoms. The molecule has 5 rings (SSSR count). The summed E-state index contributed by atoms with van der Waals surface area (Å²) in [5, 5.41) is 13.3. The van der Waals surface area contributed by atoms with Crippen molar-refractivity contribution in [2.75, 3.05) is 41.8 Å². The highest BCUT2D eigenvalue weighted by Crippen LogP contribution is 2.40. The van der Waals surface area contributed by atoms with Crippen molar-refractivity contribution >= 4 is 52.3 Å². The van der Waals surface area contributed by atoms with Gasteiger partial charge in [-0.3, -0.25) is 4.79 Å². The Morgan fingerprint density at radius 3 is 2.45 bits per heavy atom. The summed E-state index contributed by atoms with van der Waals surface area (Å²) in [4.78, 5) is 29.1. The van der Waals surface area contributed by atoms with Crippen LogP contribution in [0.4, 0.5) is 23.1 Å². The highest BCUT2D eigenvalue weighted by Gasteiger charge is 2.43. The highest BCUT2D eigenvalue weighted by molar-refractivity contribution is 6.37. The number of phenolic OH excluding ortho intramolecular Hbond substituents is 1. The molecule has 2 fully saturated rings. The van der Waals surface area contributed by atoms with Gasteiger partial charge in [-0.2, -0.15) is 4.98 Å². The molecule has 3 heterocycles. The van der Waals surface area contributed by atoms with Gasteiger partial charge in [-0.05, 0) is 50.9 Å². The molecule has 8 nitrogen and oxygen atoms in total. The number of anilines is 4. The zero-order valence-corrected chi connectivity index (χ0v) is 20.1. The van der Waals surface area contributed by atoms with Crippen LogP contribution in [0.3, 0.4) is 0 Å². The minimum atomic E-state index is -0.260. The Morgan fingerprint density at radius 1 is 1.12 bits per heavy atom. The lowest BCUT2D eigenvalue weighted by molar-refractivity contribution is -0.120. The number of rotatable bonds is 5. The van der Waals surface area contributed by atoms with E-state index in [-0.39, 0.29) is 33.8 Å². The van der Waals surface area contributed by atoms with Gasteiger partial charge in [-0.15, -0.1) is 0 Å². The second kappa shape index (κ2) is 9.16. The van der Waals surface area contributed by atoms with Crippen molar-refractivity contribution in [3.8, 4) is 5.75 Å². The lowest BCUT2D eigenvalue weighted by Gasteiger charge is -2.44. The molecular formula is C23H28Cl2N6O2. The zero-order chi connectivity index (χ0) is 23.1. The largest absolute Gasteiger partial charge is 0.505 e. The van der Waals surface area contributed by atoms with Crippen LogP contribution >= 0.6 is 23.2 Å². The van der Waals surface area contributed by atoms with E-state index in [2.05, 4.69) is 20.1 Å². The number of aromatic hydroxyl groups is 1. The number of likely N-dealkylation sites (N-methyl/N-ethyl adjacent to an activating group) is 1. The molecule has 176 valence electrons. The number of aromatic nitrogens is 2. The minimum Gasteiger partial charge on any atom is -0.505 e. The summed E-state index contributed by atoms with van der Waals surface area (Å²) in [7, 11) is 1.81. The Bertz CT molecular complexity index is 1030. The Labute approximate surface area is 203 Å². The number of carbonyl (C=O) groups excluding carboxylic acids is 1. The number of halogens is 2. The number of nitrogens with zero attached hydrogens (tertiary/aromatic N) is 5. The number of phenols is 1. The fourth-order valence-corrected chi connectivity index (χ4v) is 5.70. The van der Waals surface area contributed by atoms with Crippen LogP contribution in [0.5, 0.6) is 5.75 Å². The predicted molar refractivity (Wildman–Crippen MR) is 131 cm³/mol. The van der Waals surface area contributed by atoms with Gasteiger partial charge in [0.2, 0.25) is 5.95 Å². The summed E-state index contributed by atoms with van der Waals surface area (Å²) in [5.74, 6) is 1.11. The molecule has 1 amide bonds. The van der Waals surface area contributed by atoms with Gasteiger partial charge < -0.3 is 25.1 Å². The second-order valence-electron chi connectivity index (χ2n) is 9.08. The van der Waals surface area contributed by atoms with Crippen molar-refractivity contribution < 1.29 is 9.90 Å². The maximum absolute atomic E-state index is 13.5. The van der Waals surface area contributed by atoms with Crippen LogP contribution in [0.1, 0.15) is 38.5 Å². The third kappa shape index (κ3) is 4.32. The summed E-state index contributed by atoms with van der Waals surface area (Å²) < 4.78 is 0. The Hall–Kier alpha value is -2.29. The van der Waals surface area contributed by atoms with Crippen molar-refractivity contribution in [3.05, 3.63) is 28.4 Å². The normalized spacial score (nSPS) is 21.7. The van der Waals surface area contributed by atoms with Crippen LogP contribution in [-0.2, 0) is 4.79 Å². The van der Waals surface area contributed by atoms with Gasteiger partial charge in [-0.1, -0.05) is 36.0 Å². The van der Waals surface area contributed by atoms with E-state index in [9.17, 15) is 9.90 Å². The molecule has 3 aliphatic rings. The first-order valence-corrected chi connectivity index (χ1v) is 12.3. The predicted octanol–water partition coefficient (Wildman–Crippen LogP) is 4.42. The van der Waals surface area contributed by atoms with Crippen LogP contribution in [-0.4, -0.2) is 64.6 Å². The maximum Gasteiger partial charge on any atom is 0.250 e. The number of nitrogens with one attached hydrogen (secondary N) is 1. The quantitative estimate of drug-likeness (QED) is 0.599. The molecule has 33 heavy (non-hydrogen) atoms. The monoisotopic (exact) mass is 490 g/mol. The summed E-state index contributed by atoms with van der Waals surface area (Å²) in [5.41, 5.74) is 1.29. The Balaban J connectivity index is 1.51. The molecule has 10 heteroatoms. The average molecular weight is 491 g/mol. The first kappa shape index (κ1) is 22.5. The molecule has 1 aliphatic carbocycles. The lowest BCUT2D eigenvalue weighted by atomic mass is 10.0. The van der Waals surface area contributed by atoms with Crippen molar-refractivity contribution in [1.29, 1.82) is 0 Å². The average Bonchev–Trinajstić information content (AvgIpc) is 3.50. The smallest absolute Gasteiger partial charge is 0.250 e. The highest BCUT2D eigenvalue weighted by atomic mass is 35.5. The number of benzene rings is 1. The standard InChI is InChI=1S/C23H28Cl2N6O2/c1-29-18-12-26-23(27-14-10-16(24)20(32)17(25)11-14)28-21(18)31(15-6-2-3-7-15)19(22(29)33)13-30-8-4-5-9-30/h10-12,15,19,32H,2-9,13H2,1H3,(H,26,27,28)/t19-/m1/s1. The number of fused-ring (bicyclic) bond motifs is 1. The number of hydrogen-bond acceptors (Lipinski definition) is 7. The van der Waals surface area contributed by atoms with Gasteiger partial charge in [-0.25, -0.2) is 4.98 Å². The summed E-state index contributed by atoms with van der Waals surface area (Å²) in [6.45, 7) is 2.80. The maximum atomic E-state index is 13.5. The molecule has 0 unspecified atom stereocenters. The molecule has 1 saturated heterocycles. The summed E-state index contributed by atoms with van der Waals surface area (Å²) >= 11 is 12.1. The van der Waals surface area contributed by atoms with E-state index in [1.165, 1.54) is 12.8 Å². The van der Waals surface area contributed by atoms with E-state index < -0.39 is 0 Å². The molecule has 1 aromatic carbocycles. The third-order valence-corrected chi connectivity index (χ3v) is 7.50. The van der Waals surface area contributed by atoms with E-state index in [1.54, 1.807) is 30.3 Å². The molecular weight excluding hydrogens is 463 g/mol. The summed E-state index contributed by atoms with van der Waals surface area (Å²) in [6.07, 6.45) is 8.51. The molecule has 2 N–H and O–H groups in total. The molecule has 1 saturated carbocycles. The second-order valence-corrected chi connectivity index (χ2v) is 9.90. The SMILES string of the molecule is CN1C(=O)[C@@H](CN2CCCC2)N(C2CCCC2)c2nc(Nc3cc(Cl)c(O)c(Cl)c3)ncc21. The van der Waals surface area contributed by atoms with Crippen LogP contribution < -0.4 is 15.1 Å². The Kier molecular flexibility index (Phi) is 6.24. The van der Waals surface area contributed by atoms with Gasteiger partial charge in [0.25, 0.3) is 5.91 Å². The molecule has 2 aliphatic heterocycles. The van der Waals surface area contributed by atoms with E-state index in [1.807, 2.05) is 0 Å². The zero-order valence-electron chi connectivity index (χ0n) is 18.6. The fourth-order valence-electron chi connectivity index (χ4n) is 5.21. The van der Waals surface area contributed by atoms with E-state index in [4.69, 9.17) is 28.2 Å². The number of amides is 1. The third-order valence-electron chi connectivity index (χ3n) is 6.93. The van der Waals surface area contributed by atoms with Crippen molar-refractivity contribution in [2.45, 2.75) is 50.6 Å². The molecule has 0 spiro atoms. The van der Waals surface area contributed by atoms with Gasteiger partial charge in [0.15, 0.2) is 11.6 Å². The van der Waals surface area contributed by atoms with E-state index in [0.29, 0.717) is 11.6 Å². The fraction of sp³-hybridized carbons (Fsp3) is 0.522. The Morgan fingerprint density at radius 2 is 1.79 bits per heavy atom. The van der Waals surface area contributed by atoms with Gasteiger partial charge in [0.1, 0.15) is 11.7 Å². The van der Waals surface area contributed by atoms with Crippen LogP contribution in [0.15, 0.2) is 18.3 Å². The van der Waals surface area contributed by atoms with E-state index in [0.717, 1.165) is 56.8 Å². The number of hydrogen-bond donors (Lipinski definition) is 2. The van der Waals surface area contributed by atoms with Crippen molar-refractivity contribution in [1.82, 2.24) is 14.9 Å². The van der Waals surface area contributed by atoms with Crippen LogP contribution in [0.25, 0.3) is 0 Å². The first-order chi connectivity index (χ1) is 15.9. The van der Waals surface area contributed by atoms with Crippen molar-refractivity contribution in [3.63, 3.8) is 0 Å². The summed E-state index contributed by atoms with van der Waals surface area (Å²) in [6, 6.07) is 3.18. The number of likely N-dealkylation sites (tertiary alicyclic amines) is 1.